The summed E-state index contributed by atoms with van der Waals surface area (Å²) < 4.78 is 5.19. The first kappa shape index (κ1) is 33.8. The molecule has 0 radical (unpaired) electrons. The fraction of sp³-hybridized carbons (Fsp3) is 0.500. The minimum atomic E-state index is -1.43. The van der Waals surface area contributed by atoms with E-state index in [0.717, 1.165) is 32.1 Å². The number of aliphatic hydroxyl groups excluding tert-OH is 1. The number of amides is 1. The molecule has 0 aliphatic rings. The first-order chi connectivity index (χ1) is 17.7. The van der Waals surface area contributed by atoms with Crippen LogP contribution in [0.1, 0.15) is 72.1 Å². The summed E-state index contributed by atoms with van der Waals surface area (Å²) in [5.41, 5.74) is -1.01. The SMILES string of the molecule is CCC=CCC=CCC=CCC=CCC=CCC=CCC(=O)OCC(C)(C)[C@@H](O)C(=O)NCCC(=O)O. The third kappa shape index (κ3) is 20.7. The fourth-order valence-corrected chi connectivity index (χ4v) is 2.85. The molecule has 0 rings (SSSR count). The smallest absolute Gasteiger partial charge is 0.309 e. The van der Waals surface area contributed by atoms with E-state index in [1.165, 1.54) is 0 Å². The van der Waals surface area contributed by atoms with Crippen LogP contribution in [0.5, 0.6) is 0 Å². The normalized spacial score (nSPS) is 13.6. The fourth-order valence-electron chi connectivity index (χ4n) is 2.85. The van der Waals surface area contributed by atoms with E-state index in [2.05, 4.69) is 66.9 Å². The maximum atomic E-state index is 11.9. The Morgan fingerprint density at radius 2 is 1.22 bits per heavy atom. The van der Waals surface area contributed by atoms with Gasteiger partial charge in [-0.15, -0.1) is 0 Å². The van der Waals surface area contributed by atoms with E-state index in [4.69, 9.17) is 9.84 Å². The summed E-state index contributed by atoms with van der Waals surface area (Å²) in [5.74, 6) is -2.19. The van der Waals surface area contributed by atoms with Crippen LogP contribution < -0.4 is 5.32 Å². The van der Waals surface area contributed by atoms with E-state index in [-0.39, 0.29) is 26.0 Å². The Morgan fingerprint density at radius 1 is 0.784 bits per heavy atom. The monoisotopic (exact) mass is 515 g/mol. The lowest BCUT2D eigenvalue weighted by atomic mass is 9.87. The van der Waals surface area contributed by atoms with Crippen LogP contribution in [0.2, 0.25) is 0 Å². The number of carboxylic acids is 1. The molecule has 206 valence electrons. The van der Waals surface area contributed by atoms with Crippen LogP contribution in [0, 0.1) is 5.41 Å². The van der Waals surface area contributed by atoms with Crippen molar-refractivity contribution < 1.29 is 29.3 Å². The molecule has 7 heteroatoms. The molecular weight excluding hydrogens is 470 g/mol. The van der Waals surface area contributed by atoms with Gasteiger partial charge in [0.2, 0.25) is 5.91 Å². The standard InChI is InChI=1S/C30H45NO6/c1-4-5-6-7-8-9-10-11-12-13-14-15-16-17-18-19-20-21-22-27(34)37-25-30(2,3)28(35)29(36)31-24-23-26(32)33/h5-6,8-9,11-12,14-15,17-18,20-21,28,35H,4,7,10,13,16,19,22-25H2,1-3H3,(H,31,36)(H,32,33)/t28-/m0/s1. The Labute approximate surface area is 222 Å². The topological polar surface area (TPSA) is 113 Å². The Balaban J connectivity index is 3.99. The van der Waals surface area contributed by atoms with Gasteiger partial charge in [0.25, 0.3) is 0 Å². The zero-order chi connectivity index (χ0) is 27.8. The number of rotatable bonds is 20. The highest BCUT2D eigenvalue weighted by molar-refractivity contribution is 5.82. The number of carboxylic acid groups (broad SMARTS) is 1. The van der Waals surface area contributed by atoms with Gasteiger partial charge in [-0.25, -0.2) is 0 Å². The first-order valence-electron chi connectivity index (χ1n) is 12.9. The number of ether oxygens (including phenoxy) is 1. The van der Waals surface area contributed by atoms with E-state index in [0.29, 0.717) is 6.42 Å². The molecule has 0 aromatic heterocycles. The molecule has 0 aromatic carbocycles. The largest absolute Gasteiger partial charge is 0.481 e. The van der Waals surface area contributed by atoms with Crippen LogP contribution in [0.25, 0.3) is 0 Å². The van der Waals surface area contributed by atoms with Crippen molar-refractivity contribution in [3.05, 3.63) is 72.9 Å². The molecule has 0 aliphatic heterocycles. The number of esters is 1. The molecule has 1 atom stereocenters. The summed E-state index contributed by atoms with van der Waals surface area (Å²) in [6.45, 7) is 5.11. The summed E-state index contributed by atoms with van der Waals surface area (Å²) >= 11 is 0. The summed E-state index contributed by atoms with van der Waals surface area (Å²) in [4.78, 5) is 34.4. The molecule has 0 heterocycles. The Morgan fingerprint density at radius 3 is 1.65 bits per heavy atom. The molecule has 0 fully saturated rings. The summed E-state index contributed by atoms with van der Waals surface area (Å²) in [6, 6.07) is 0. The molecule has 0 spiro atoms. The number of carbonyl (C=O) groups is 3. The molecule has 0 bridgehead atoms. The van der Waals surface area contributed by atoms with E-state index >= 15 is 0 Å². The van der Waals surface area contributed by atoms with Crippen molar-refractivity contribution in [2.45, 2.75) is 78.2 Å². The molecular formula is C30H45NO6. The molecule has 0 aliphatic carbocycles. The zero-order valence-corrected chi connectivity index (χ0v) is 22.6. The molecule has 3 N–H and O–H groups in total. The maximum Gasteiger partial charge on any atom is 0.309 e. The maximum absolute atomic E-state index is 11.9. The molecule has 0 unspecified atom stereocenters. The van der Waals surface area contributed by atoms with Crippen molar-refractivity contribution in [2.24, 2.45) is 5.41 Å². The number of aliphatic hydroxyl groups is 1. The van der Waals surface area contributed by atoms with Gasteiger partial charge in [0.15, 0.2) is 0 Å². The quantitative estimate of drug-likeness (QED) is 0.144. The van der Waals surface area contributed by atoms with Gasteiger partial charge in [-0.2, -0.15) is 0 Å². The molecule has 0 aromatic rings. The number of nitrogens with one attached hydrogen (secondary N) is 1. The van der Waals surface area contributed by atoms with E-state index in [1.807, 2.05) is 12.2 Å². The highest BCUT2D eigenvalue weighted by Gasteiger charge is 2.34. The molecule has 0 saturated heterocycles. The summed E-state index contributed by atoms with van der Waals surface area (Å²) in [7, 11) is 0. The van der Waals surface area contributed by atoms with Crippen LogP contribution >= 0.6 is 0 Å². The minimum Gasteiger partial charge on any atom is -0.481 e. The average molecular weight is 516 g/mol. The summed E-state index contributed by atoms with van der Waals surface area (Å²) in [6.07, 6.45) is 29.0. The molecule has 1 amide bonds. The lowest BCUT2D eigenvalue weighted by Crippen LogP contribution is -2.46. The first-order valence-corrected chi connectivity index (χ1v) is 12.9. The van der Waals surface area contributed by atoms with Crippen molar-refractivity contribution in [1.29, 1.82) is 0 Å². The lowest BCUT2D eigenvalue weighted by molar-refractivity contribution is -0.152. The van der Waals surface area contributed by atoms with Gasteiger partial charge in [0.1, 0.15) is 6.10 Å². The second-order valence-electron chi connectivity index (χ2n) is 9.11. The van der Waals surface area contributed by atoms with Crippen LogP contribution in [0.15, 0.2) is 72.9 Å². The second kappa shape index (κ2) is 22.0. The van der Waals surface area contributed by atoms with Gasteiger partial charge < -0.3 is 20.3 Å². The highest BCUT2D eigenvalue weighted by Crippen LogP contribution is 2.21. The van der Waals surface area contributed by atoms with Crippen LogP contribution in [-0.4, -0.2) is 47.3 Å². The van der Waals surface area contributed by atoms with Gasteiger partial charge in [-0.3, -0.25) is 14.4 Å². The molecule has 7 nitrogen and oxygen atoms in total. The minimum absolute atomic E-state index is 0.0796. The zero-order valence-electron chi connectivity index (χ0n) is 22.6. The van der Waals surface area contributed by atoms with Gasteiger partial charge in [0.05, 0.1) is 19.4 Å². The van der Waals surface area contributed by atoms with Crippen LogP contribution in [0.3, 0.4) is 0 Å². The molecule has 0 saturated carbocycles. The van der Waals surface area contributed by atoms with Crippen molar-refractivity contribution in [2.75, 3.05) is 13.2 Å². The molecule has 37 heavy (non-hydrogen) atoms. The predicted molar refractivity (Wildman–Crippen MR) is 149 cm³/mol. The Hall–Kier alpha value is -3.19. The van der Waals surface area contributed by atoms with Crippen molar-refractivity contribution in [3.8, 4) is 0 Å². The van der Waals surface area contributed by atoms with E-state index in [1.54, 1.807) is 19.9 Å². The number of allylic oxidation sites excluding steroid dienone is 11. The van der Waals surface area contributed by atoms with Crippen molar-refractivity contribution in [3.63, 3.8) is 0 Å². The highest BCUT2D eigenvalue weighted by atomic mass is 16.5. The third-order valence-corrected chi connectivity index (χ3v) is 5.11. The van der Waals surface area contributed by atoms with Crippen LogP contribution in [-0.2, 0) is 19.1 Å². The van der Waals surface area contributed by atoms with Crippen molar-refractivity contribution in [1.82, 2.24) is 5.32 Å². The Kier molecular flexibility index (Phi) is 20.1. The predicted octanol–water partition coefficient (Wildman–Crippen LogP) is 5.60. The van der Waals surface area contributed by atoms with Crippen LogP contribution in [0.4, 0.5) is 0 Å². The number of aliphatic carboxylic acids is 1. The number of carbonyl (C=O) groups excluding carboxylic acids is 2. The summed E-state index contributed by atoms with van der Waals surface area (Å²) in [5, 5.41) is 21.1. The van der Waals surface area contributed by atoms with Gasteiger partial charge in [-0.1, -0.05) is 93.7 Å². The van der Waals surface area contributed by atoms with E-state index in [9.17, 15) is 19.5 Å². The average Bonchev–Trinajstić information content (AvgIpc) is 2.86. The lowest BCUT2D eigenvalue weighted by Gasteiger charge is -2.28. The Bertz CT molecular complexity index is 833. The van der Waals surface area contributed by atoms with Crippen molar-refractivity contribution >= 4 is 17.8 Å². The third-order valence-electron chi connectivity index (χ3n) is 5.11. The second-order valence-corrected chi connectivity index (χ2v) is 9.11. The number of hydrogen-bond donors (Lipinski definition) is 3. The van der Waals surface area contributed by atoms with Gasteiger partial charge >= 0.3 is 11.9 Å². The van der Waals surface area contributed by atoms with Gasteiger partial charge in [-0.05, 0) is 38.5 Å². The number of hydrogen-bond acceptors (Lipinski definition) is 5. The van der Waals surface area contributed by atoms with Gasteiger partial charge in [0, 0.05) is 12.0 Å². The van der Waals surface area contributed by atoms with E-state index < -0.39 is 29.4 Å².